The molecule has 3 nitrogen and oxygen atoms in total. The summed E-state index contributed by atoms with van der Waals surface area (Å²) >= 11 is 7.39. The number of amides is 2. The molecule has 1 heterocycles. The highest BCUT2D eigenvalue weighted by molar-refractivity contribution is 9.10. The molecule has 1 aliphatic heterocycles. The first-order chi connectivity index (χ1) is 8.11. The third-order valence-electron chi connectivity index (χ3n) is 2.69. The highest BCUT2D eigenvalue weighted by Gasteiger charge is 2.30. The van der Waals surface area contributed by atoms with E-state index in [-0.39, 0.29) is 17.9 Å². The summed E-state index contributed by atoms with van der Waals surface area (Å²) in [5.74, 6) is 0.299. The quantitative estimate of drug-likeness (QED) is 0.825. The first-order valence-corrected chi connectivity index (χ1v) is 6.65. The standard InChI is InChI=1S/C11H12BrFN2OS/c12-7-1-2-9(13)8(5-7)10-6-15(3-4-17)11(16)14-10/h1-2,5,10,17H,3-4,6H2,(H,14,16). The lowest BCUT2D eigenvalue weighted by molar-refractivity contribution is 0.220. The Balaban J connectivity index is 2.19. The average molecular weight is 319 g/mol. The topological polar surface area (TPSA) is 32.3 Å². The zero-order valence-corrected chi connectivity index (χ0v) is 11.5. The highest BCUT2D eigenvalue weighted by atomic mass is 79.9. The van der Waals surface area contributed by atoms with Gasteiger partial charge in [-0.3, -0.25) is 0 Å². The molecule has 1 aromatic carbocycles. The van der Waals surface area contributed by atoms with Gasteiger partial charge in [0.05, 0.1) is 6.04 Å². The summed E-state index contributed by atoms with van der Waals surface area (Å²) in [5, 5.41) is 2.77. The lowest BCUT2D eigenvalue weighted by Crippen LogP contribution is -2.29. The Hall–Kier alpha value is -0.750. The minimum absolute atomic E-state index is 0.163. The van der Waals surface area contributed by atoms with E-state index in [4.69, 9.17) is 0 Å². The predicted molar refractivity (Wildman–Crippen MR) is 70.8 cm³/mol. The molecule has 0 saturated carbocycles. The second kappa shape index (κ2) is 5.27. The van der Waals surface area contributed by atoms with Gasteiger partial charge in [0.2, 0.25) is 0 Å². The maximum atomic E-state index is 13.7. The molecule has 0 bridgehead atoms. The van der Waals surface area contributed by atoms with E-state index >= 15 is 0 Å². The van der Waals surface area contributed by atoms with Crippen molar-refractivity contribution >= 4 is 34.6 Å². The Morgan fingerprint density at radius 1 is 1.59 bits per heavy atom. The van der Waals surface area contributed by atoms with Gasteiger partial charge in [-0.05, 0) is 18.2 Å². The zero-order valence-electron chi connectivity index (χ0n) is 8.99. The molecule has 92 valence electrons. The number of carbonyl (C=O) groups is 1. The minimum atomic E-state index is -0.300. The molecule has 0 aromatic heterocycles. The fourth-order valence-corrected chi connectivity index (χ4v) is 2.48. The van der Waals surface area contributed by atoms with Crippen molar-refractivity contribution in [3.05, 3.63) is 34.1 Å². The van der Waals surface area contributed by atoms with Crippen molar-refractivity contribution in [2.45, 2.75) is 6.04 Å². The molecule has 1 unspecified atom stereocenters. The van der Waals surface area contributed by atoms with Crippen LogP contribution in [0.1, 0.15) is 11.6 Å². The van der Waals surface area contributed by atoms with Crippen LogP contribution < -0.4 is 5.32 Å². The molecule has 1 aliphatic rings. The van der Waals surface area contributed by atoms with Crippen molar-refractivity contribution in [1.82, 2.24) is 10.2 Å². The fourth-order valence-electron chi connectivity index (χ4n) is 1.86. The number of halogens is 2. The van der Waals surface area contributed by atoms with Gasteiger partial charge in [0.25, 0.3) is 0 Å². The SMILES string of the molecule is O=C1NC(c2cc(Br)ccc2F)CN1CCS. The van der Waals surface area contributed by atoms with Crippen molar-refractivity contribution in [1.29, 1.82) is 0 Å². The van der Waals surface area contributed by atoms with E-state index in [1.54, 1.807) is 17.0 Å². The van der Waals surface area contributed by atoms with Gasteiger partial charge in [0.15, 0.2) is 0 Å². The number of carbonyl (C=O) groups excluding carboxylic acids is 1. The minimum Gasteiger partial charge on any atom is -0.329 e. The number of benzene rings is 1. The van der Waals surface area contributed by atoms with Crippen molar-refractivity contribution in [2.75, 3.05) is 18.8 Å². The van der Waals surface area contributed by atoms with E-state index in [0.29, 0.717) is 24.4 Å². The molecular formula is C11H12BrFN2OS. The van der Waals surface area contributed by atoms with E-state index in [0.717, 1.165) is 4.47 Å². The van der Waals surface area contributed by atoms with Crippen LogP contribution >= 0.6 is 28.6 Å². The van der Waals surface area contributed by atoms with Gasteiger partial charge in [-0.1, -0.05) is 15.9 Å². The number of rotatable bonds is 3. The fraction of sp³-hybridized carbons (Fsp3) is 0.364. The molecule has 1 saturated heterocycles. The Kier molecular flexibility index (Phi) is 3.93. The van der Waals surface area contributed by atoms with E-state index in [9.17, 15) is 9.18 Å². The summed E-state index contributed by atoms with van der Waals surface area (Å²) in [6.07, 6.45) is 0. The molecule has 1 aromatic rings. The number of urea groups is 1. The lowest BCUT2D eigenvalue weighted by Gasteiger charge is -2.13. The summed E-state index contributed by atoms with van der Waals surface area (Å²) < 4.78 is 14.5. The maximum Gasteiger partial charge on any atom is 0.318 e. The molecule has 2 amide bonds. The van der Waals surface area contributed by atoms with Gasteiger partial charge in [-0.2, -0.15) is 12.6 Å². The van der Waals surface area contributed by atoms with Crippen LogP contribution in [0.25, 0.3) is 0 Å². The Labute approximate surface area is 113 Å². The van der Waals surface area contributed by atoms with Gasteiger partial charge >= 0.3 is 6.03 Å². The monoisotopic (exact) mass is 318 g/mol. The average Bonchev–Trinajstić information content (AvgIpc) is 2.64. The van der Waals surface area contributed by atoms with Gasteiger partial charge in [0, 0.05) is 28.9 Å². The van der Waals surface area contributed by atoms with E-state index in [1.165, 1.54) is 6.07 Å². The van der Waals surface area contributed by atoms with E-state index < -0.39 is 0 Å². The van der Waals surface area contributed by atoms with Crippen LogP contribution in [-0.4, -0.2) is 29.8 Å². The maximum absolute atomic E-state index is 13.7. The van der Waals surface area contributed by atoms with Gasteiger partial charge in [-0.15, -0.1) is 0 Å². The van der Waals surface area contributed by atoms with Crippen LogP contribution in [0.5, 0.6) is 0 Å². The number of nitrogens with zero attached hydrogens (tertiary/aromatic N) is 1. The van der Waals surface area contributed by atoms with Gasteiger partial charge in [0.1, 0.15) is 5.82 Å². The van der Waals surface area contributed by atoms with Crippen molar-refractivity contribution in [2.24, 2.45) is 0 Å². The molecule has 1 fully saturated rings. The van der Waals surface area contributed by atoms with Crippen LogP contribution in [0.2, 0.25) is 0 Å². The first kappa shape index (κ1) is 12.7. The lowest BCUT2D eigenvalue weighted by atomic mass is 10.1. The predicted octanol–water partition coefficient (Wildman–Crippen LogP) is 2.58. The van der Waals surface area contributed by atoms with Crippen molar-refractivity contribution in [3.63, 3.8) is 0 Å². The van der Waals surface area contributed by atoms with Crippen molar-refractivity contribution in [3.8, 4) is 0 Å². The smallest absolute Gasteiger partial charge is 0.318 e. The van der Waals surface area contributed by atoms with E-state index in [2.05, 4.69) is 33.9 Å². The van der Waals surface area contributed by atoms with Crippen LogP contribution in [-0.2, 0) is 0 Å². The molecule has 0 spiro atoms. The molecule has 1 N–H and O–H groups in total. The molecule has 2 rings (SSSR count). The van der Waals surface area contributed by atoms with Crippen LogP contribution in [0, 0.1) is 5.82 Å². The summed E-state index contributed by atoms with van der Waals surface area (Å²) in [5.41, 5.74) is 0.509. The van der Waals surface area contributed by atoms with Gasteiger partial charge < -0.3 is 10.2 Å². The highest BCUT2D eigenvalue weighted by Crippen LogP contribution is 2.25. The number of hydrogen-bond acceptors (Lipinski definition) is 2. The molecule has 0 radical (unpaired) electrons. The first-order valence-electron chi connectivity index (χ1n) is 5.23. The Morgan fingerprint density at radius 2 is 2.35 bits per heavy atom. The summed E-state index contributed by atoms with van der Waals surface area (Å²) in [6.45, 7) is 1.05. The Morgan fingerprint density at radius 3 is 3.06 bits per heavy atom. The largest absolute Gasteiger partial charge is 0.329 e. The molecule has 0 aliphatic carbocycles. The second-order valence-electron chi connectivity index (χ2n) is 3.84. The third kappa shape index (κ3) is 2.74. The van der Waals surface area contributed by atoms with Crippen LogP contribution in [0.15, 0.2) is 22.7 Å². The summed E-state index contributed by atoms with van der Waals surface area (Å²) in [6, 6.07) is 4.28. The number of hydrogen-bond donors (Lipinski definition) is 2. The zero-order chi connectivity index (χ0) is 12.4. The summed E-state index contributed by atoms with van der Waals surface area (Å²) in [7, 11) is 0. The van der Waals surface area contributed by atoms with Crippen LogP contribution in [0.4, 0.5) is 9.18 Å². The third-order valence-corrected chi connectivity index (χ3v) is 3.38. The Bertz CT molecular complexity index is 443. The van der Waals surface area contributed by atoms with E-state index in [1.807, 2.05) is 0 Å². The van der Waals surface area contributed by atoms with Crippen LogP contribution in [0.3, 0.4) is 0 Å². The number of thiol groups is 1. The molecule has 1 atom stereocenters. The number of nitrogens with one attached hydrogen (secondary N) is 1. The molecular weight excluding hydrogens is 307 g/mol. The molecule has 6 heteroatoms. The molecule has 17 heavy (non-hydrogen) atoms. The second-order valence-corrected chi connectivity index (χ2v) is 5.20. The summed E-state index contributed by atoms with van der Waals surface area (Å²) in [4.78, 5) is 13.2. The normalized spacial score (nSPS) is 19.6. The van der Waals surface area contributed by atoms with Crippen molar-refractivity contribution < 1.29 is 9.18 Å². The van der Waals surface area contributed by atoms with Gasteiger partial charge in [-0.25, -0.2) is 9.18 Å².